The van der Waals surface area contributed by atoms with Gasteiger partial charge in [-0.1, -0.05) is 26.0 Å². The number of ether oxygens (including phenoxy) is 1. The van der Waals surface area contributed by atoms with Crippen molar-refractivity contribution in [2.75, 3.05) is 6.61 Å². The van der Waals surface area contributed by atoms with E-state index in [1.165, 1.54) is 6.92 Å². The van der Waals surface area contributed by atoms with Crippen LogP contribution in [0, 0.1) is 28.6 Å². The van der Waals surface area contributed by atoms with Crippen molar-refractivity contribution >= 4 is 17.5 Å². The molecule has 0 aliphatic heterocycles. The minimum Gasteiger partial charge on any atom is -0.458 e. The lowest BCUT2D eigenvalue weighted by Gasteiger charge is -2.56. The molecule has 0 unspecified atom stereocenters. The Morgan fingerprint density at radius 1 is 1.18 bits per heavy atom. The average molecular weight is 386 g/mol. The third-order valence-corrected chi connectivity index (χ3v) is 8.54. The standard InChI is InChI=1S/C23H30O5/c1-14(24)28-13-20(26)23(27)11-8-19-17-5-4-15-12-16(25)6-9-21(15,2)18(17)7-10-22(19,23)3/h4-5,12,17-19,27H,6-11,13H2,1-3H3/t17-,18-,19+,21-,22+,23+/m1/s1. The molecule has 4 rings (SSSR count). The van der Waals surface area contributed by atoms with Gasteiger partial charge in [-0.2, -0.15) is 0 Å². The van der Waals surface area contributed by atoms with Gasteiger partial charge >= 0.3 is 5.97 Å². The number of carbonyl (C=O) groups is 3. The third-order valence-electron chi connectivity index (χ3n) is 8.54. The summed E-state index contributed by atoms with van der Waals surface area (Å²) in [6, 6.07) is 0. The van der Waals surface area contributed by atoms with E-state index >= 15 is 0 Å². The van der Waals surface area contributed by atoms with Crippen molar-refractivity contribution in [1.29, 1.82) is 0 Å². The summed E-state index contributed by atoms with van der Waals surface area (Å²) in [6.45, 7) is 5.24. The van der Waals surface area contributed by atoms with Crippen LogP contribution >= 0.6 is 0 Å². The van der Waals surface area contributed by atoms with Crippen molar-refractivity contribution in [3.63, 3.8) is 0 Å². The van der Waals surface area contributed by atoms with Gasteiger partial charge in [-0.25, -0.2) is 0 Å². The van der Waals surface area contributed by atoms with Gasteiger partial charge in [0.05, 0.1) is 0 Å². The first kappa shape index (κ1) is 19.6. The molecule has 0 saturated heterocycles. The van der Waals surface area contributed by atoms with E-state index in [-0.39, 0.29) is 29.5 Å². The molecule has 152 valence electrons. The number of allylic oxidation sites excluding steroid dienone is 4. The highest BCUT2D eigenvalue weighted by Gasteiger charge is 2.65. The van der Waals surface area contributed by atoms with Crippen molar-refractivity contribution in [3.8, 4) is 0 Å². The number of fused-ring (bicyclic) bond motifs is 5. The molecule has 0 spiro atoms. The van der Waals surface area contributed by atoms with Gasteiger partial charge in [-0.3, -0.25) is 14.4 Å². The summed E-state index contributed by atoms with van der Waals surface area (Å²) in [5, 5.41) is 11.4. The first-order chi connectivity index (χ1) is 13.1. The Labute approximate surface area is 166 Å². The number of carbonyl (C=O) groups excluding carboxylic acids is 3. The number of hydrogen-bond donors (Lipinski definition) is 1. The van der Waals surface area contributed by atoms with Crippen LogP contribution in [0.15, 0.2) is 23.8 Å². The number of hydrogen-bond acceptors (Lipinski definition) is 5. The lowest BCUT2D eigenvalue weighted by Crippen LogP contribution is -2.57. The van der Waals surface area contributed by atoms with E-state index in [2.05, 4.69) is 19.1 Å². The van der Waals surface area contributed by atoms with Crippen LogP contribution in [0.4, 0.5) is 0 Å². The molecule has 6 atom stereocenters. The molecule has 28 heavy (non-hydrogen) atoms. The van der Waals surface area contributed by atoms with Gasteiger partial charge in [0.1, 0.15) is 5.60 Å². The minimum atomic E-state index is -1.44. The smallest absolute Gasteiger partial charge is 0.303 e. The van der Waals surface area contributed by atoms with E-state index in [1.54, 1.807) is 0 Å². The number of rotatable bonds is 3. The molecular formula is C23H30O5. The minimum absolute atomic E-state index is 0.00286. The predicted octanol–water partition coefficient (Wildman–Crippen LogP) is 3.16. The maximum Gasteiger partial charge on any atom is 0.303 e. The van der Waals surface area contributed by atoms with Crippen LogP contribution < -0.4 is 0 Å². The van der Waals surface area contributed by atoms with Crippen LogP contribution in [0.1, 0.15) is 59.3 Å². The molecule has 4 aliphatic carbocycles. The second-order valence-corrected chi connectivity index (χ2v) is 9.69. The molecule has 0 aromatic rings. The van der Waals surface area contributed by atoms with Gasteiger partial charge in [-0.05, 0) is 66.9 Å². The van der Waals surface area contributed by atoms with E-state index in [4.69, 9.17) is 4.74 Å². The Balaban J connectivity index is 1.64. The second kappa shape index (κ2) is 6.38. The van der Waals surface area contributed by atoms with Gasteiger partial charge in [0, 0.05) is 18.8 Å². The summed E-state index contributed by atoms with van der Waals surface area (Å²) in [5.74, 6) is 0.272. The van der Waals surface area contributed by atoms with Crippen LogP contribution in [0.3, 0.4) is 0 Å². The topological polar surface area (TPSA) is 80.7 Å². The van der Waals surface area contributed by atoms with Crippen LogP contribution in [-0.4, -0.2) is 34.9 Å². The fraction of sp³-hybridized carbons (Fsp3) is 0.696. The summed E-state index contributed by atoms with van der Waals surface area (Å²) >= 11 is 0. The Morgan fingerprint density at radius 3 is 2.61 bits per heavy atom. The summed E-state index contributed by atoms with van der Waals surface area (Å²) in [6.07, 6.45) is 10.5. The van der Waals surface area contributed by atoms with Crippen LogP contribution in [0.25, 0.3) is 0 Å². The van der Waals surface area contributed by atoms with Crippen molar-refractivity contribution in [2.45, 2.75) is 64.9 Å². The molecule has 2 fully saturated rings. The van der Waals surface area contributed by atoms with Gasteiger partial charge < -0.3 is 9.84 Å². The molecule has 0 heterocycles. The third kappa shape index (κ3) is 2.58. The van der Waals surface area contributed by atoms with Crippen LogP contribution in [0.2, 0.25) is 0 Å². The van der Waals surface area contributed by atoms with Gasteiger partial charge in [0.15, 0.2) is 12.4 Å². The van der Waals surface area contributed by atoms with E-state index in [9.17, 15) is 19.5 Å². The van der Waals surface area contributed by atoms with Crippen molar-refractivity contribution in [3.05, 3.63) is 23.8 Å². The molecule has 5 nitrogen and oxygen atoms in total. The summed E-state index contributed by atoms with van der Waals surface area (Å²) < 4.78 is 4.91. The Bertz CT molecular complexity index is 795. The second-order valence-electron chi connectivity index (χ2n) is 9.69. The first-order valence-electron chi connectivity index (χ1n) is 10.4. The largest absolute Gasteiger partial charge is 0.458 e. The predicted molar refractivity (Wildman–Crippen MR) is 103 cm³/mol. The van der Waals surface area contributed by atoms with Crippen molar-refractivity contribution in [1.82, 2.24) is 0 Å². The van der Waals surface area contributed by atoms with Gasteiger partial charge in [0.25, 0.3) is 0 Å². The van der Waals surface area contributed by atoms with E-state index in [1.807, 2.05) is 13.0 Å². The number of Topliss-reactive ketones (excluding diaryl/α,β-unsaturated/α-hetero) is 1. The zero-order valence-corrected chi connectivity index (χ0v) is 17.0. The molecule has 0 aromatic carbocycles. The molecule has 2 saturated carbocycles. The Morgan fingerprint density at radius 2 is 1.89 bits per heavy atom. The average Bonchev–Trinajstić information content (AvgIpc) is 2.92. The lowest BCUT2D eigenvalue weighted by atomic mass is 9.48. The molecule has 0 bridgehead atoms. The fourth-order valence-corrected chi connectivity index (χ4v) is 6.76. The molecular weight excluding hydrogens is 356 g/mol. The monoisotopic (exact) mass is 386 g/mol. The van der Waals surface area contributed by atoms with Crippen molar-refractivity contribution in [2.24, 2.45) is 28.6 Å². The number of esters is 1. The number of aliphatic hydroxyl groups is 1. The molecule has 1 N–H and O–H groups in total. The Kier molecular flexibility index (Phi) is 4.46. The zero-order chi connectivity index (χ0) is 20.3. The van der Waals surface area contributed by atoms with E-state index in [0.29, 0.717) is 24.7 Å². The molecule has 0 aromatic heterocycles. The van der Waals surface area contributed by atoms with E-state index in [0.717, 1.165) is 31.3 Å². The first-order valence-corrected chi connectivity index (χ1v) is 10.4. The maximum absolute atomic E-state index is 12.8. The molecule has 0 radical (unpaired) electrons. The van der Waals surface area contributed by atoms with E-state index < -0.39 is 17.0 Å². The van der Waals surface area contributed by atoms with Gasteiger partial charge in [0.2, 0.25) is 5.78 Å². The summed E-state index contributed by atoms with van der Waals surface area (Å²) in [7, 11) is 0. The van der Waals surface area contributed by atoms with Crippen molar-refractivity contribution < 1.29 is 24.2 Å². The molecule has 5 heteroatoms. The molecule has 0 amide bonds. The lowest BCUT2D eigenvalue weighted by molar-refractivity contribution is -0.167. The highest BCUT2D eigenvalue weighted by Crippen LogP contribution is 2.66. The van der Waals surface area contributed by atoms with Crippen LogP contribution in [0.5, 0.6) is 0 Å². The highest BCUT2D eigenvalue weighted by atomic mass is 16.5. The normalized spacial score (nSPS) is 44.2. The summed E-state index contributed by atoms with van der Waals surface area (Å²) in [4.78, 5) is 35.8. The zero-order valence-electron chi connectivity index (χ0n) is 17.0. The van der Waals surface area contributed by atoms with Crippen LogP contribution in [-0.2, 0) is 19.1 Å². The highest BCUT2D eigenvalue weighted by molar-refractivity contribution is 5.92. The van der Waals surface area contributed by atoms with Gasteiger partial charge in [-0.15, -0.1) is 0 Å². The quantitative estimate of drug-likeness (QED) is 0.754. The summed E-state index contributed by atoms with van der Waals surface area (Å²) in [5.41, 5.74) is -0.812. The number of ketones is 2. The SMILES string of the molecule is CC(=O)OCC(=O)[C@@]1(O)CC[C@H]2[C@@H]3C=CC4=CC(=O)CC[C@@]4(C)[C@@H]3CC[C@@]21C. The molecule has 4 aliphatic rings. The fourth-order valence-electron chi connectivity index (χ4n) is 6.76. The Hall–Kier alpha value is -1.75. The maximum atomic E-state index is 12.8.